The first-order valence-corrected chi connectivity index (χ1v) is 8.66. The largest absolute Gasteiger partial charge is 0.481 e. The van der Waals surface area contributed by atoms with Crippen LogP contribution in [0, 0.1) is 23.3 Å². The number of hydrogen-bond acceptors (Lipinski definition) is 3. The maximum atomic E-state index is 14.5. The summed E-state index contributed by atoms with van der Waals surface area (Å²) < 4.78 is 63.4. The Morgan fingerprint density at radius 1 is 1.07 bits per heavy atom. The number of aromatic nitrogens is 3. The van der Waals surface area contributed by atoms with Crippen LogP contribution in [0.1, 0.15) is 25.3 Å². The van der Waals surface area contributed by atoms with Crippen molar-refractivity contribution in [2.24, 2.45) is 0 Å². The van der Waals surface area contributed by atoms with Gasteiger partial charge in [-0.05, 0) is 37.6 Å². The number of benzene rings is 2. The summed E-state index contributed by atoms with van der Waals surface area (Å²) >= 11 is 5.64. The van der Waals surface area contributed by atoms with Crippen LogP contribution in [0.4, 0.5) is 17.6 Å². The van der Waals surface area contributed by atoms with Gasteiger partial charge in [-0.2, -0.15) is 5.10 Å². The third-order valence-corrected chi connectivity index (χ3v) is 4.56. The third-order valence-electron chi connectivity index (χ3n) is 4.34. The number of nitrogens with zero attached hydrogens (tertiary/aromatic N) is 3. The van der Waals surface area contributed by atoms with Gasteiger partial charge in [0.25, 0.3) is 0 Å². The summed E-state index contributed by atoms with van der Waals surface area (Å²) in [5.41, 5.74) is -1.21. The van der Waals surface area contributed by atoms with Gasteiger partial charge in [0.2, 0.25) is 0 Å². The summed E-state index contributed by atoms with van der Waals surface area (Å²) in [4.78, 5) is 3.83. The van der Waals surface area contributed by atoms with Crippen LogP contribution in [0.25, 0.3) is 0 Å². The van der Waals surface area contributed by atoms with Crippen LogP contribution in [-0.2, 0) is 6.54 Å². The number of rotatable bonds is 6. The van der Waals surface area contributed by atoms with Crippen molar-refractivity contribution in [3.8, 4) is 5.75 Å². The molecule has 0 saturated carbocycles. The average Bonchev–Trinajstić information content (AvgIpc) is 3.10. The molecule has 4 nitrogen and oxygen atoms in total. The summed E-state index contributed by atoms with van der Waals surface area (Å²) in [6.07, 6.45) is 2.71. The topological polar surface area (TPSA) is 39.9 Å². The van der Waals surface area contributed by atoms with Crippen molar-refractivity contribution in [2.45, 2.75) is 31.9 Å². The van der Waals surface area contributed by atoms with Crippen LogP contribution in [-0.4, -0.2) is 20.4 Å². The lowest BCUT2D eigenvalue weighted by molar-refractivity contribution is 0.0584. The highest BCUT2D eigenvalue weighted by Gasteiger charge is 2.37. The number of halogens is 5. The Balaban J connectivity index is 2.03. The van der Waals surface area contributed by atoms with Gasteiger partial charge in [0.15, 0.2) is 17.4 Å². The monoisotopic (exact) mass is 413 g/mol. The maximum Gasteiger partial charge on any atom is 0.191 e. The fourth-order valence-corrected chi connectivity index (χ4v) is 3.14. The molecule has 1 aromatic heterocycles. The molecule has 0 fully saturated rings. The Morgan fingerprint density at radius 2 is 1.75 bits per heavy atom. The smallest absolute Gasteiger partial charge is 0.191 e. The van der Waals surface area contributed by atoms with Crippen LogP contribution >= 0.6 is 11.6 Å². The molecular formula is C19H16ClF4N3O. The number of hydrogen-bond donors (Lipinski definition) is 0. The first-order valence-electron chi connectivity index (χ1n) is 8.28. The predicted molar refractivity (Wildman–Crippen MR) is 95.2 cm³/mol. The van der Waals surface area contributed by atoms with Crippen molar-refractivity contribution < 1.29 is 22.3 Å². The van der Waals surface area contributed by atoms with E-state index in [0.29, 0.717) is 0 Å². The zero-order chi connectivity index (χ0) is 20.5. The Morgan fingerprint density at radius 3 is 2.32 bits per heavy atom. The Labute approximate surface area is 163 Å². The lowest BCUT2D eigenvalue weighted by Crippen LogP contribution is -2.39. The quantitative estimate of drug-likeness (QED) is 0.526. The van der Waals surface area contributed by atoms with E-state index in [1.807, 2.05) is 0 Å². The first kappa shape index (κ1) is 20.1. The van der Waals surface area contributed by atoms with Gasteiger partial charge < -0.3 is 4.74 Å². The fraction of sp³-hybridized carbons (Fsp3) is 0.263. The molecule has 0 aliphatic carbocycles. The maximum absolute atomic E-state index is 14.5. The zero-order valence-corrected chi connectivity index (χ0v) is 15.7. The molecule has 0 amide bonds. The molecule has 1 atom stereocenters. The predicted octanol–water partition coefficient (Wildman–Crippen LogP) is 5.13. The van der Waals surface area contributed by atoms with Gasteiger partial charge in [-0.1, -0.05) is 17.7 Å². The van der Waals surface area contributed by atoms with Crippen molar-refractivity contribution in [3.63, 3.8) is 0 Å². The highest BCUT2D eigenvalue weighted by molar-refractivity contribution is 6.30. The lowest BCUT2D eigenvalue weighted by Gasteiger charge is -2.35. The Bertz CT molecular complexity index is 956. The van der Waals surface area contributed by atoms with E-state index in [1.165, 1.54) is 23.4 Å². The van der Waals surface area contributed by atoms with Crippen molar-refractivity contribution in [1.82, 2.24) is 14.8 Å². The van der Waals surface area contributed by atoms with Gasteiger partial charge in [-0.15, -0.1) is 0 Å². The molecule has 148 valence electrons. The third kappa shape index (κ3) is 4.27. The van der Waals surface area contributed by atoms with E-state index < -0.39 is 40.5 Å². The van der Waals surface area contributed by atoms with Crippen LogP contribution < -0.4 is 4.74 Å². The second kappa shape index (κ2) is 7.79. The van der Waals surface area contributed by atoms with Crippen molar-refractivity contribution >= 4 is 11.6 Å². The van der Waals surface area contributed by atoms with Crippen molar-refractivity contribution in [1.29, 1.82) is 0 Å². The molecule has 0 bridgehead atoms. The van der Waals surface area contributed by atoms with Crippen LogP contribution in [0.3, 0.4) is 0 Å². The van der Waals surface area contributed by atoms with Crippen LogP contribution in [0.5, 0.6) is 5.75 Å². The highest BCUT2D eigenvalue weighted by Crippen LogP contribution is 2.37. The van der Waals surface area contributed by atoms with Gasteiger partial charge in [0.1, 0.15) is 29.9 Å². The summed E-state index contributed by atoms with van der Waals surface area (Å²) in [7, 11) is 0. The van der Waals surface area contributed by atoms with E-state index in [9.17, 15) is 17.6 Å². The molecule has 0 radical (unpaired) electrons. The SMILES string of the molecule is CC(C)(Oc1c(F)cc(Cl)cc1F)C(Cn1cncn1)c1ccc(F)cc1F. The Kier molecular flexibility index (Phi) is 5.60. The van der Waals surface area contributed by atoms with E-state index in [4.69, 9.17) is 16.3 Å². The lowest BCUT2D eigenvalue weighted by atomic mass is 9.84. The van der Waals surface area contributed by atoms with Crippen molar-refractivity contribution in [2.75, 3.05) is 0 Å². The Hall–Kier alpha value is -2.61. The van der Waals surface area contributed by atoms with E-state index in [0.717, 1.165) is 24.3 Å². The molecule has 9 heteroatoms. The molecule has 1 unspecified atom stereocenters. The van der Waals surface area contributed by atoms with E-state index in [2.05, 4.69) is 10.1 Å². The number of ether oxygens (including phenoxy) is 1. The summed E-state index contributed by atoms with van der Waals surface area (Å²) in [6, 6.07) is 4.95. The fourth-order valence-electron chi connectivity index (χ4n) is 2.95. The molecule has 3 aromatic rings. The minimum absolute atomic E-state index is 0.0758. The van der Waals surface area contributed by atoms with Gasteiger partial charge in [0, 0.05) is 17.0 Å². The van der Waals surface area contributed by atoms with Crippen LogP contribution in [0.2, 0.25) is 5.02 Å². The molecule has 28 heavy (non-hydrogen) atoms. The standard InChI is InChI=1S/C19H16ClF4N3O/c1-19(2,28-18-16(23)5-11(20)6-17(18)24)14(8-27-10-25-9-26-27)13-4-3-12(21)7-15(13)22/h3-7,9-10,14H,8H2,1-2H3. The minimum Gasteiger partial charge on any atom is -0.481 e. The summed E-state index contributed by atoms with van der Waals surface area (Å²) in [6.45, 7) is 3.17. The molecule has 0 aliphatic heterocycles. The highest BCUT2D eigenvalue weighted by atomic mass is 35.5. The molecule has 0 N–H and O–H groups in total. The molecule has 1 heterocycles. The molecular weight excluding hydrogens is 398 g/mol. The van der Waals surface area contributed by atoms with Gasteiger partial charge >= 0.3 is 0 Å². The van der Waals surface area contributed by atoms with Gasteiger partial charge in [-0.3, -0.25) is 4.68 Å². The molecule has 2 aromatic carbocycles. The molecule has 0 spiro atoms. The molecule has 0 saturated heterocycles. The average molecular weight is 414 g/mol. The normalized spacial score (nSPS) is 12.8. The zero-order valence-electron chi connectivity index (χ0n) is 15.0. The van der Waals surface area contributed by atoms with E-state index in [1.54, 1.807) is 13.8 Å². The summed E-state index contributed by atoms with van der Waals surface area (Å²) in [5.74, 6) is -4.95. The van der Waals surface area contributed by atoms with E-state index in [-0.39, 0.29) is 17.1 Å². The van der Waals surface area contributed by atoms with Gasteiger partial charge in [0.05, 0.1) is 6.54 Å². The minimum atomic E-state index is -1.32. The van der Waals surface area contributed by atoms with Crippen molar-refractivity contribution in [3.05, 3.63) is 76.8 Å². The van der Waals surface area contributed by atoms with E-state index >= 15 is 0 Å². The summed E-state index contributed by atoms with van der Waals surface area (Å²) in [5, 5.41) is 3.86. The second-order valence-corrected chi connectivity index (χ2v) is 7.18. The van der Waals surface area contributed by atoms with Gasteiger partial charge in [-0.25, -0.2) is 22.5 Å². The molecule has 0 aliphatic rings. The first-order chi connectivity index (χ1) is 13.2. The second-order valence-electron chi connectivity index (χ2n) is 6.74. The molecule has 3 rings (SSSR count). The van der Waals surface area contributed by atoms with Crippen LogP contribution in [0.15, 0.2) is 43.0 Å².